The Balaban J connectivity index is 1.70. The van der Waals surface area contributed by atoms with Crippen molar-refractivity contribution in [3.63, 3.8) is 0 Å². The molecule has 0 spiro atoms. The molecule has 0 aromatic carbocycles. The number of imidazole rings is 1. The molecule has 1 saturated carbocycles. The van der Waals surface area contributed by atoms with E-state index in [1.54, 1.807) is 0 Å². The number of aromatic nitrogens is 2. The molecular formula is C16H20Cl2N2. The number of halogens is 2. The molecule has 1 fully saturated rings. The molecule has 1 aliphatic carbocycles. The molecule has 1 aliphatic rings. The van der Waals surface area contributed by atoms with Gasteiger partial charge in [-0.2, -0.15) is 0 Å². The van der Waals surface area contributed by atoms with Crippen LogP contribution in [0.2, 0.25) is 10.0 Å². The van der Waals surface area contributed by atoms with E-state index in [-0.39, 0.29) is 0 Å². The molecule has 0 saturated heterocycles. The third kappa shape index (κ3) is 2.96. The summed E-state index contributed by atoms with van der Waals surface area (Å²) >= 11 is 12.6. The first-order valence-electron chi connectivity index (χ1n) is 7.54. The van der Waals surface area contributed by atoms with E-state index in [2.05, 4.69) is 9.38 Å². The van der Waals surface area contributed by atoms with Crippen LogP contribution in [-0.4, -0.2) is 9.38 Å². The first-order chi connectivity index (χ1) is 9.75. The predicted octanol–water partition coefficient (Wildman–Crippen LogP) is 5.54. The summed E-state index contributed by atoms with van der Waals surface area (Å²) in [6, 6.07) is 1.88. The van der Waals surface area contributed by atoms with E-state index >= 15 is 0 Å². The molecule has 2 nitrogen and oxygen atoms in total. The molecule has 0 aliphatic heterocycles. The zero-order valence-electron chi connectivity index (χ0n) is 11.6. The Morgan fingerprint density at radius 1 is 1.20 bits per heavy atom. The third-order valence-electron chi connectivity index (χ3n) is 4.45. The van der Waals surface area contributed by atoms with Gasteiger partial charge in [-0.3, -0.25) is 0 Å². The minimum atomic E-state index is 0.632. The van der Waals surface area contributed by atoms with E-state index in [0.29, 0.717) is 10.0 Å². The second-order valence-electron chi connectivity index (χ2n) is 5.84. The average Bonchev–Trinajstić information content (AvgIpc) is 2.92. The fourth-order valence-corrected chi connectivity index (χ4v) is 3.80. The van der Waals surface area contributed by atoms with Crippen LogP contribution in [0, 0.1) is 5.92 Å². The summed E-state index contributed by atoms with van der Waals surface area (Å²) in [7, 11) is 0. The van der Waals surface area contributed by atoms with Gasteiger partial charge in [-0.15, -0.1) is 0 Å². The molecule has 20 heavy (non-hydrogen) atoms. The number of nitrogens with zero attached hydrogens (tertiary/aromatic N) is 2. The Bertz CT molecular complexity index is 585. The van der Waals surface area contributed by atoms with Crippen LogP contribution in [-0.2, 0) is 6.42 Å². The van der Waals surface area contributed by atoms with Gasteiger partial charge >= 0.3 is 0 Å². The number of hydrogen-bond donors (Lipinski definition) is 0. The van der Waals surface area contributed by atoms with Gasteiger partial charge in [-0.05, 0) is 24.8 Å². The Kier molecular flexibility index (Phi) is 4.52. The maximum atomic E-state index is 6.37. The van der Waals surface area contributed by atoms with E-state index < -0.39 is 0 Å². The highest BCUT2D eigenvalue weighted by molar-refractivity contribution is 6.42. The summed E-state index contributed by atoms with van der Waals surface area (Å²) in [5.41, 5.74) is 2.12. The Morgan fingerprint density at radius 2 is 2.00 bits per heavy atom. The predicted molar refractivity (Wildman–Crippen MR) is 84.7 cm³/mol. The zero-order chi connectivity index (χ0) is 13.9. The summed E-state index contributed by atoms with van der Waals surface area (Å²) in [6.07, 6.45) is 14.2. The molecule has 0 radical (unpaired) electrons. The second-order valence-corrected chi connectivity index (χ2v) is 6.62. The summed E-state index contributed by atoms with van der Waals surface area (Å²) in [5, 5.41) is 1.31. The van der Waals surface area contributed by atoms with Crippen molar-refractivity contribution < 1.29 is 0 Å². The fourth-order valence-electron chi connectivity index (χ4n) is 3.34. The molecule has 2 aromatic heterocycles. The monoisotopic (exact) mass is 310 g/mol. The van der Waals surface area contributed by atoms with E-state index in [1.807, 2.05) is 18.6 Å². The molecule has 0 bridgehead atoms. The van der Waals surface area contributed by atoms with Gasteiger partial charge in [0.15, 0.2) is 0 Å². The number of fused-ring (bicyclic) bond motifs is 1. The molecule has 108 valence electrons. The number of rotatable bonds is 4. The maximum absolute atomic E-state index is 6.37. The van der Waals surface area contributed by atoms with Crippen LogP contribution in [0.15, 0.2) is 18.6 Å². The van der Waals surface area contributed by atoms with Crippen LogP contribution in [0.5, 0.6) is 0 Å². The quantitative estimate of drug-likeness (QED) is 0.724. The standard InChI is InChI=1S/C16H20Cl2N2/c17-14-9-13-10-19-11-20(13)15(16(14)18)8-4-7-12-5-2-1-3-6-12/h9-12H,1-8H2. The number of pyridine rings is 1. The lowest BCUT2D eigenvalue weighted by molar-refractivity contribution is 0.332. The van der Waals surface area contributed by atoms with Crippen molar-refractivity contribution in [2.45, 2.75) is 51.4 Å². The van der Waals surface area contributed by atoms with Crippen LogP contribution < -0.4 is 0 Å². The van der Waals surface area contributed by atoms with Gasteiger partial charge in [-0.25, -0.2) is 4.98 Å². The number of aryl methyl sites for hydroxylation is 1. The lowest BCUT2D eigenvalue weighted by Gasteiger charge is -2.21. The summed E-state index contributed by atoms with van der Waals surface area (Å²) in [5.74, 6) is 0.917. The van der Waals surface area contributed by atoms with E-state index in [9.17, 15) is 0 Å². The van der Waals surface area contributed by atoms with Gasteiger partial charge < -0.3 is 4.40 Å². The van der Waals surface area contributed by atoms with E-state index in [1.165, 1.54) is 44.9 Å². The molecule has 2 heterocycles. The van der Waals surface area contributed by atoms with E-state index in [4.69, 9.17) is 23.2 Å². The number of hydrogen-bond acceptors (Lipinski definition) is 1. The average molecular weight is 311 g/mol. The van der Waals surface area contributed by atoms with Crippen molar-refractivity contribution in [1.82, 2.24) is 9.38 Å². The molecule has 0 atom stereocenters. The van der Waals surface area contributed by atoms with E-state index in [0.717, 1.165) is 23.5 Å². The topological polar surface area (TPSA) is 17.3 Å². The normalized spacial score (nSPS) is 16.9. The van der Waals surface area contributed by atoms with Crippen molar-refractivity contribution in [3.8, 4) is 0 Å². The van der Waals surface area contributed by atoms with Crippen LogP contribution in [0.25, 0.3) is 5.52 Å². The molecule has 2 aromatic rings. The van der Waals surface area contributed by atoms with Crippen LogP contribution >= 0.6 is 23.2 Å². The Hall–Kier alpha value is -0.730. The van der Waals surface area contributed by atoms with Crippen molar-refractivity contribution in [2.24, 2.45) is 5.92 Å². The van der Waals surface area contributed by atoms with Gasteiger partial charge in [-0.1, -0.05) is 61.7 Å². The first-order valence-corrected chi connectivity index (χ1v) is 8.30. The zero-order valence-corrected chi connectivity index (χ0v) is 13.1. The Labute approximate surface area is 130 Å². The highest BCUT2D eigenvalue weighted by Crippen LogP contribution is 2.31. The second kappa shape index (κ2) is 6.36. The van der Waals surface area contributed by atoms with Gasteiger partial charge in [0.25, 0.3) is 0 Å². The van der Waals surface area contributed by atoms with Crippen LogP contribution in [0.3, 0.4) is 0 Å². The van der Waals surface area contributed by atoms with Gasteiger partial charge in [0.05, 0.1) is 28.1 Å². The van der Waals surface area contributed by atoms with Crippen LogP contribution in [0.1, 0.15) is 50.6 Å². The molecule has 4 heteroatoms. The van der Waals surface area contributed by atoms with Gasteiger partial charge in [0.2, 0.25) is 0 Å². The lowest BCUT2D eigenvalue weighted by Crippen LogP contribution is -2.07. The maximum Gasteiger partial charge on any atom is 0.0994 e. The van der Waals surface area contributed by atoms with Gasteiger partial charge in [0.1, 0.15) is 0 Å². The summed E-state index contributed by atoms with van der Waals surface area (Å²) in [4.78, 5) is 4.19. The van der Waals surface area contributed by atoms with Gasteiger partial charge in [0, 0.05) is 5.69 Å². The minimum Gasteiger partial charge on any atom is -0.302 e. The molecule has 0 N–H and O–H groups in total. The smallest absolute Gasteiger partial charge is 0.0994 e. The minimum absolute atomic E-state index is 0.632. The highest BCUT2D eigenvalue weighted by atomic mass is 35.5. The molecule has 0 unspecified atom stereocenters. The molecule has 3 rings (SSSR count). The molecule has 0 amide bonds. The fraction of sp³-hybridized carbons (Fsp3) is 0.562. The third-order valence-corrected chi connectivity index (χ3v) is 5.26. The van der Waals surface area contributed by atoms with Crippen molar-refractivity contribution >= 4 is 28.7 Å². The van der Waals surface area contributed by atoms with Crippen molar-refractivity contribution in [3.05, 3.63) is 34.3 Å². The largest absolute Gasteiger partial charge is 0.302 e. The van der Waals surface area contributed by atoms with Crippen molar-refractivity contribution in [1.29, 1.82) is 0 Å². The molecular weight excluding hydrogens is 291 g/mol. The van der Waals surface area contributed by atoms with Crippen LogP contribution in [0.4, 0.5) is 0 Å². The van der Waals surface area contributed by atoms with Crippen molar-refractivity contribution in [2.75, 3.05) is 0 Å². The Morgan fingerprint density at radius 3 is 2.80 bits per heavy atom. The highest BCUT2D eigenvalue weighted by Gasteiger charge is 2.15. The lowest BCUT2D eigenvalue weighted by atomic mass is 9.85. The SMILES string of the molecule is Clc1cc2cncn2c(CCCC2CCCCC2)c1Cl. The summed E-state index contributed by atoms with van der Waals surface area (Å²) < 4.78 is 2.06. The first kappa shape index (κ1) is 14.2. The summed E-state index contributed by atoms with van der Waals surface area (Å²) in [6.45, 7) is 0.